The number of nitrogens with zero attached hydrogens (tertiary/aromatic N) is 3. The third kappa shape index (κ3) is 4.79. The Labute approximate surface area is 169 Å². The van der Waals surface area contributed by atoms with Crippen molar-refractivity contribution < 1.29 is 19.3 Å². The minimum Gasteiger partial charge on any atom is -0.477 e. The van der Waals surface area contributed by atoms with Crippen LogP contribution in [0.3, 0.4) is 0 Å². The van der Waals surface area contributed by atoms with Gasteiger partial charge in [-0.1, -0.05) is 6.07 Å². The summed E-state index contributed by atoms with van der Waals surface area (Å²) >= 11 is 1.27. The van der Waals surface area contributed by atoms with Crippen molar-refractivity contribution in [2.24, 2.45) is 10.7 Å². The molecule has 0 unspecified atom stereocenters. The molecule has 0 saturated heterocycles. The SMILES string of the molecule is CCOc1nc(-c2ccnc(NC(=O)c3cccc(F)c3)c2)sc1C(N)=NC=[NH2+]. The fourth-order valence-corrected chi connectivity index (χ4v) is 3.33. The molecule has 29 heavy (non-hydrogen) atoms. The molecule has 3 aromatic rings. The van der Waals surface area contributed by atoms with E-state index < -0.39 is 11.7 Å². The van der Waals surface area contributed by atoms with Crippen molar-refractivity contribution in [1.29, 1.82) is 0 Å². The maximum absolute atomic E-state index is 13.3. The Morgan fingerprint density at radius 3 is 2.97 bits per heavy atom. The molecule has 3 rings (SSSR count). The Bertz CT molecular complexity index is 1080. The number of nitrogens with two attached hydrogens (primary N) is 2. The first-order valence-corrected chi connectivity index (χ1v) is 9.37. The topological polar surface area (TPSA) is 128 Å². The van der Waals surface area contributed by atoms with E-state index in [0.29, 0.717) is 33.8 Å². The van der Waals surface area contributed by atoms with Gasteiger partial charge in [-0.05, 0) is 42.2 Å². The minimum absolute atomic E-state index is 0.188. The number of benzene rings is 1. The van der Waals surface area contributed by atoms with Crippen molar-refractivity contribution in [3.63, 3.8) is 0 Å². The van der Waals surface area contributed by atoms with Crippen molar-refractivity contribution in [3.8, 4) is 16.5 Å². The molecule has 0 aliphatic carbocycles. The second-order valence-electron chi connectivity index (χ2n) is 5.64. The van der Waals surface area contributed by atoms with Crippen molar-refractivity contribution in [3.05, 3.63) is 58.9 Å². The smallest absolute Gasteiger partial charge is 0.280 e. The summed E-state index contributed by atoms with van der Waals surface area (Å²) in [6, 6.07) is 8.78. The summed E-state index contributed by atoms with van der Waals surface area (Å²) in [6.45, 7) is 2.23. The molecule has 1 aromatic carbocycles. The maximum atomic E-state index is 13.3. The Balaban J connectivity index is 1.89. The fourth-order valence-electron chi connectivity index (χ4n) is 2.42. The average Bonchev–Trinajstić information content (AvgIpc) is 3.13. The van der Waals surface area contributed by atoms with Crippen LogP contribution in [0.15, 0.2) is 47.6 Å². The van der Waals surface area contributed by atoms with E-state index in [1.54, 1.807) is 12.1 Å². The molecule has 1 amide bonds. The van der Waals surface area contributed by atoms with Crippen LogP contribution in [-0.4, -0.2) is 34.7 Å². The van der Waals surface area contributed by atoms with E-state index in [9.17, 15) is 9.18 Å². The molecule has 0 saturated carbocycles. The maximum Gasteiger partial charge on any atom is 0.280 e. The summed E-state index contributed by atoms with van der Waals surface area (Å²) in [7, 11) is 0. The highest BCUT2D eigenvalue weighted by Gasteiger charge is 2.20. The zero-order chi connectivity index (χ0) is 20.8. The van der Waals surface area contributed by atoms with Crippen molar-refractivity contribution in [1.82, 2.24) is 9.97 Å². The number of thiazole rings is 1. The van der Waals surface area contributed by atoms with E-state index in [1.807, 2.05) is 6.92 Å². The summed E-state index contributed by atoms with van der Waals surface area (Å²) in [5.41, 5.74) is 6.81. The number of hydrogen-bond acceptors (Lipinski definition) is 5. The third-order valence-electron chi connectivity index (χ3n) is 3.66. The molecule has 0 aliphatic rings. The van der Waals surface area contributed by atoms with Gasteiger partial charge in [0, 0.05) is 17.3 Å². The largest absolute Gasteiger partial charge is 0.477 e. The predicted molar refractivity (Wildman–Crippen MR) is 110 cm³/mol. The molecular weight excluding hydrogens is 395 g/mol. The van der Waals surface area contributed by atoms with Gasteiger partial charge in [0.05, 0.1) is 6.61 Å². The normalized spacial score (nSPS) is 11.2. The van der Waals surface area contributed by atoms with Gasteiger partial charge in [0.2, 0.25) is 5.88 Å². The van der Waals surface area contributed by atoms with Gasteiger partial charge in [0.1, 0.15) is 16.6 Å². The molecule has 2 heterocycles. The van der Waals surface area contributed by atoms with Gasteiger partial charge < -0.3 is 15.8 Å². The lowest BCUT2D eigenvalue weighted by atomic mass is 10.2. The first-order valence-electron chi connectivity index (χ1n) is 8.55. The number of carbonyl (C=O) groups is 1. The van der Waals surface area contributed by atoms with Crippen molar-refractivity contribution in [2.75, 3.05) is 11.9 Å². The van der Waals surface area contributed by atoms with Gasteiger partial charge in [-0.3, -0.25) is 10.2 Å². The lowest BCUT2D eigenvalue weighted by molar-refractivity contribution is -0.106. The highest BCUT2D eigenvalue weighted by Crippen LogP contribution is 2.33. The van der Waals surface area contributed by atoms with E-state index in [-0.39, 0.29) is 11.4 Å². The Kier molecular flexibility index (Phi) is 6.25. The standard InChI is InChI=1S/C19H17FN6O2S/c1-2-28-18-15(16(22)24-10-21)29-19(26-18)12-6-7-23-14(9-12)25-17(27)11-4-3-5-13(20)8-11/h3-10H,2H2,1H3,(H3,21,22,24)(H,23,25,27)/p+1. The van der Waals surface area contributed by atoms with Gasteiger partial charge in [0.25, 0.3) is 18.1 Å². The molecule has 148 valence electrons. The number of amides is 1. The van der Waals surface area contributed by atoms with Crippen LogP contribution < -0.4 is 21.2 Å². The fraction of sp³-hybridized carbons (Fsp3) is 0.105. The number of aliphatic imine (C=N–C) groups is 1. The molecule has 0 spiro atoms. The molecule has 5 N–H and O–H groups in total. The van der Waals surface area contributed by atoms with Gasteiger partial charge in [-0.25, -0.2) is 14.4 Å². The lowest BCUT2D eigenvalue weighted by Gasteiger charge is -2.05. The van der Waals surface area contributed by atoms with Crippen molar-refractivity contribution >= 4 is 35.2 Å². The summed E-state index contributed by atoms with van der Waals surface area (Å²) in [5, 5.41) is 8.55. The van der Waals surface area contributed by atoms with Gasteiger partial charge in [-0.2, -0.15) is 0 Å². The zero-order valence-corrected chi connectivity index (χ0v) is 16.2. The van der Waals surface area contributed by atoms with Crippen LogP contribution >= 0.6 is 11.3 Å². The second kappa shape index (κ2) is 9.02. The number of ether oxygens (including phenoxy) is 1. The van der Waals surface area contributed by atoms with Crippen LogP contribution in [0.5, 0.6) is 5.88 Å². The minimum atomic E-state index is -0.493. The number of pyridine rings is 1. The number of nitrogens with one attached hydrogen (secondary N) is 1. The second-order valence-corrected chi connectivity index (χ2v) is 6.64. The Morgan fingerprint density at radius 2 is 2.24 bits per heavy atom. The highest BCUT2D eigenvalue weighted by atomic mass is 32.1. The molecule has 10 heteroatoms. The number of amidine groups is 1. The van der Waals surface area contributed by atoms with E-state index in [1.165, 1.54) is 35.7 Å². The van der Waals surface area contributed by atoms with Crippen LogP contribution in [0.1, 0.15) is 22.2 Å². The summed E-state index contributed by atoms with van der Waals surface area (Å²) < 4.78 is 18.9. The van der Waals surface area contributed by atoms with Crippen LogP contribution in [0, 0.1) is 5.82 Å². The third-order valence-corrected chi connectivity index (χ3v) is 4.77. The summed E-state index contributed by atoms with van der Waals surface area (Å²) in [5.74, 6) is -0.138. The number of hydrogen-bond donors (Lipinski definition) is 3. The summed E-state index contributed by atoms with van der Waals surface area (Å²) in [6.07, 6.45) is 2.62. The molecule has 0 fully saturated rings. The molecule has 2 aromatic heterocycles. The first kappa shape index (κ1) is 20.1. The summed E-state index contributed by atoms with van der Waals surface area (Å²) in [4.78, 5) is 25.3. The Morgan fingerprint density at radius 1 is 1.41 bits per heavy atom. The quantitative estimate of drug-likeness (QED) is 0.399. The molecule has 0 radical (unpaired) electrons. The van der Waals surface area contributed by atoms with Crippen LogP contribution in [0.4, 0.5) is 10.2 Å². The Hall–Kier alpha value is -3.66. The van der Waals surface area contributed by atoms with Crippen LogP contribution in [0.25, 0.3) is 10.6 Å². The first-order chi connectivity index (χ1) is 14.0. The van der Waals surface area contributed by atoms with E-state index in [0.717, 1.165) is 12.4 Å². The number of rotatable bonds is 7. The van der Waals surface area contributed by atoms with Crippen LogP contribution in [0.2, 0.25) is 0 Å². The molecule has 0 atom stereocenters. The van der Waals surface area contributed by atoms with Gasteiger partial charge in [0.15, 0.2) is 4.88 Å². The monoisotopic (exact) mass is 413 g/mol. The molecule has 0 bridgehead atoms. The van der Waals surface area contributed by atoms with Gasteiger partial charge in [-0.15, -0.1) is 11.3 Å². The van der Waals surface area contributed by atoms with E-state index in [4.69, 9.17) is 15.9 Å². The molecular formula is C19H18FN6O2S+. The zero-order valence-electron chi connectivity index (χ0n) is 15.4. The number of carbonyl (C=O) groups excluding carboxylic acids is 1. The average molecular weight is 413 g/mol. The predicted octanol–water partition coefficient (Wildman–Crippen LogP) is 1.49. The van der Waals surface area contributed by atoms with E-state index in [2.05, 4.69) is 20.3 Å². The molecule has 0 aliphatic heterocycles. The lowest BCUT2D eigenvalue weighted by Crippen LogP contribution is -2.30. The van der Waals surface area contributed by atoms with Crippen molar-refractivity contribution in [2.45, 2.75) is 6.92 Å². The van der Waals surface area contributed by atoms with Crippen LogP contribution in [-0.2, 0) is 0 Å². The van der Waals surface area contributed by atoms with E-state index >= 15 is 0 Å². The molecule has 8 nitrogen and oxygen atoms in total. The van der Waals surface area contributed by atoms with Gasteiger partial charge >= 0.3 is 0 Å². The highest BCUT2D eigenvalue weighted by molar-refractivity contribution is 7.17. The number of aromatic nitrogens is 2. The number of halogens is 1. The number of anilines is 1.